The van der Waals surface area contributed by atoms with Crippen LogP contribution in [0.25, 0.3) is 0 Å². The summed E-state index contributed by atoms with van der Waals surface area (Å²) < 4.78 is 42.2. The number of para-hydroxylation sites is 1. The summed E-state index contributed by atoms with van der Waals surface area (Å²) in [7, 11) is -2.20. The number of hydrogen-bond acceptors (Lipinski definition) is 8. The molecule has 4 aromatic carbocycles. The van der Waals surface area contributed by atoms with E-state index in [0.717, 1.165) is 10.6 Å². The van der Waals surface area contributed by atoms with E-state index in [9.17, 15) is 18.0 Å². The Morgan fingerprint density at radius 2 is 1.40 bits per heavy atom. The van der Waals surface area contributed by atoms with E-state index in [1.54, 1.807) is 92.0 Å². The van der Waals surface area contributed by atoms with Crippen LogP contribution in [0.2, 0.25) is 0 Å². The summed E-state index contributed by atoms with van der Waals surface area (Å²) >= 11 is 0. The van der Waals surface area contributed by atoms with E-state index < -0.39 is 22.5 Å². The second kappa shape index (κ2) is 14.5. The number of hydrogen-bond donors (Lipinski definition) is 2. The number of nitrogens with one attached hydrogen (secondary N) is 2. The predicted octanol–water partition coefficient (Wildman–Crippen LogP) is 4.42. The quantitative estimate of drug-likeness (QED) is 0.171. The average molecular weight is 603 g/mol. The van der Waals surface area contributed by atoms with Crippen LogP contribution in [0.3, 0.4) is 0 Å². The van der Waals surface area contributed by atoms with Crippen LogP contribution in [-0.4, -0.2) is 53.0 Å². The van der Waals surface area contributed by atoms with Gasteiger partial charge in [0.2, 0.25) is 10.0 Å². The number of ether oxygens (including phenoxy) is 3. The highest BCUT2D eigenvalue weighted by Crippen LogP contribution is 2.25. The molecule has 0 aliphatic rings. The Morgan fingerprint density at radius 3 is 2.02 bits per heavy atom. The Bertz CT molecular complexity index is 1640. The monoisotopic (exact) mass is 602 g/mol. The third-order valence-electron chi connectivity index (χ3n) is 5.82. The van der Waals surface area contributed by atoms with Crippen LogP contribution in [0.4, 0.5) is 11.4 Å². The van der Waals surface area contributed by atoms with Crippen molar-refractivity contribution in [3.63, 3.8) is 0 Å². The van der Waals surface area contributed by atoms with Crippen LogP contribution in [0, 0.1) is 0 Å². The van der Waals surface area contributed by atoms with Crippen molar-refractivity contribution in [1.29, 1.82) is 0 Å². The summed E-state index contributed by atoms with van der Waals surface area (Å²) in [5.41, 5.74) is 3.90. The maximum absolute atomic E-state index is 12.5. The Kier molecular flexibility index (Phi) is 10.3. The maximum Gasteiger partial charge on any atom is 0.262 e. The second-order valence-corrected chi connectivity index (χ2v) is 11.0. The van der Waals surface area contributed by atoms with Crippen molar-refractivity contribution in [2.45, 2.75) is 0 Å². The minimum absolute atomic E-state index is 0.185. The maximum atomic E-state index is 12.5. The minimum atomic E-state index is -3.77. The summed E-state index contributed by atoms with van der Waals surface area (Å²) in [5, 5.41) is 6.64. The summed E-state index contributed by atoms with van der Waals surface area (Å²) in [6.45, 7) is -0.657. The number of methoxy groups -OCH3 is 1. The highest BCUT2D eigenvalue weighted by atomic mass is 32.2. The lowest BCUT2D eigenvalue weighted by atomic mass is 10.2. The Balaban J connectivity index is 1.26. The zero-order valence-electron chi connectivity index (χ0n) is 23.5. The molecule has 0 heterocycles. The van der Waals surface area contributed by atoms with Crippen LogP contribution >= 0.6 is 0 Å². The first-order valence-electron chi connectivity index (χ1n) is 13.0. The number of sulfonamides is 1. The lowest BCUT2D eigenvalue weighted by Crippen LogP contribution is -2.38. The average Bonchev–Trinajstić information content (AvgIpc) is 3.00. The second-order valence-electron chi connectivity index (χ2n) is 9.11. The lowest BCUT2D eigenvalue weighted by Gasteiger charge is -2.21. The zero-order chi connectivity index (χ0) is 30.7. The summed E-state index contributed by atoms with van der Waals surface area (Å²) in [5.74, 6) is 1.36. The molecular weight excluding hydrogens is 572 g/mol. The number of amides is 2. The fraction of sp³-hybridized carbons (Fsp3) is 0.129. The SMILES string of the molecule is COc1ccc(NC(=O)COc2ccc(/C=N\NC(=O)CN(c3ccc(Oc4ccccc4)cc3)S(C)(=O)=O)cc2)cc1. The van der Waals surface area contributed by atoms with E-state index >= 15 is 0 Å². The van der Waals surface area contributed by atoms with Crippen molar-refractivity contribution in [2.24, 2.45) is 5.10 Å². The van der Waals surface area contributed by atoms with E-state index in [1.807, 2.05) is 18.2 Å². The van der Waals surface area contributed by atoms with Gasteiger partial charge in [0.25, 0.3) is 11.8 Å². The largest absolute Gasteiger partial charge is 0.497 e. The van der Waals surface area contributed by atoms with Crippen LogP contribution < -0.4 is 29.3 Å². The summed E-state index contributed by atoms with van der Waals surface area (Å²) in [6.07, 6.45) is 2.42. The summed E-state index contributed by atoms with van der Waals surface area (Å²) in [6, 6.07) is 29.1. The van der Waals surface area contributed by atoms with E-state index in [2.05, 4.69) is 15.8 Å². The molecule has 0 aliphatic heterocycles. The van der Waals surface area contributed by atoms with Gasteiger partial charge in [-0.25, -0.2) is 13.8 Å². The molecule has 0 spiro atoms. The van der Waals surface area contributed by atoms with E-state index in [-0.39, 0.29) is 12.5 Å². The van der Waals surface area contributed by atoms with Gasteiger partial charge in [-0.05, 0) is 90.5 Å². The van der Waals surface area contributed by atoms with Crippen LogP contribution in [-0.2, 0) is 19.6 Å². The van der Waals surface area contributed by atoms with E-state index in [0.29, 0.717) is 39.9 Å². The zero-order valence-corrected chi connectivity index (χ0v) is 24.3. The molecule has 0 aliphatic carbocycles. The Labute approximate surface area is 249 Å². The number of rotatable bonds is 13. The molecule has 2 amide bonds. The highest BCUT2D eigenvalue weighted by molar-refractivity contribution is 7.92. The van der Waals surface area contributed by atoms with Crippen molar-refractivity contribution in [3.8, 4) is 23.0 Å². The topological polar surface area (TPSA) is 136 Å². The lowest BCUT2D eigenvalue weighted by molar-refractivity contribution is -0.119. The number of anilines is 2. The smallest absolute Gasteiger partial charge is 0.262 e. The first-order valence-corrected chi connectivity index (χ1v) is 14.8. The third kappa shape index (κ3) is 9.61. The first kappa shape index (κ1) is 30.6. The molecule has 0 fully saturated rings. The van der Waals surface area contributed by atoms with Crippen molar-refractivity contribution < 1.29 is 32.2 Å². The summed E-state index contributed by atoms with van der Waals surface area (Å²) in [4.78, 5) is 24.7. The molecule has 4 rings (SSSR count). The van der Waals surface area contributed by atoms with Gasteiger partial charge >= 0.3 is 0 Å². The molecule has 0 saturated carbocycles. The molecule has 11 nitrogen and oxygen atoms in total. The minimum Gasteiger partial charge on any atom is -0.497 e. The van der Waals surface area contributed by atoms with Crippen molar-refractivity contribution in [1.82, 2.24) is 5.43 Å². The highest BCUT2D eigenvalue weighted by Gasteiger charge is 2.21. The van der Waals surface area contributed by atoms with Crippen LogP contribution in [0.15, 0.2) is 108 Å². The number of nitrogens with zero attached hydrogens (tertiary/aromatic N) is 2. The van der Waals surface area contributed by atoms with Gasteiger partial charge in [0, 0.05) is 5.69 Å². The molecule has 0 radical (unpaired) electrons. The Morgan fingerprint density at radius 1 is 0.791 bits per heavy atom. The third-order valence-corrected chi connectivity index (χ3v) is 6.96. The van der Waals surface area contributed by atoms with Crippen LogP contribution in [0.5, 0.6) is 23.0 Å². The Hall–Kier alpha value is -5.36. The predicted molar refractivity (Wildman–Crippen MR) is 164 cm³/mol. The number of carbonyl (C=O) groups is 2. The molecule has 4 aromatic rings. The number of carbonyl (C=O) groups excluding carboxylic acids is 2. The van der Waals surface area contributed by atoms with Crippen molar-refractivity contribution in [3.05, 3.63) is 109 Å². The normalized spacial score (nSPS) is 11.0. The van der Waals surface area contributed by atoms with Gasteiger partial charge in [0.1, 0.15) is 29.5 Å². The molecule has 0 bridgehead atoms. The molecule has 0 aromatic heterocycles. The van der Waals surface area contributed by atoms with Gasteiger partial charge in [-0.15, -0.1) is 0 Å². The molecular formula is C31H30N4O7S. The van der Waals surface area contributed by atoms with Gasteiger partial charge in [-0.2, -0.15) is 5.10 Å². The van der Waals surface area contributed by atoms with Gasteiger partial charge in [-0.1, -0.05) is 18.2 Å². The first-order chi connectivity index (χ1) is 20.7. The van der Waals surface area contributed by atoms with E-state index in [4.69, 9.17) is 14.2 Å². The fourth-order valence-corrected chi connectivity index (χ4v) is 4.58. The van der Waals surface area contributed by atoms with Crippen molar-refractivity contribution >= 4 is 39.4 Å². The molecule has 43 heavy (non-hydrogen) atoms. The van der Waals surface area contributed by atoms with Gasteiger partial charge < -0.3 is 19.5 Å². The molecule has 0 atom stereocenters. The van der Waals surface area contributed by atoms with Gasteiger partial charge in [-0.3, -0.25) is 13.9 Å². The molecule has 222 valence electrons. The van der Waals surface area contributed by atoms with Crippen molar-refractivity contribution in [2.75, 3.05) is 36.1 Å². The van der Waals surface area contributed by atoms with Crippen LogP contribution in [0.1, 0.15) is 5.56 Å². The number of hydrazone groups is 1. The molecule has 0 saturated heterocycles. The van der Waals surface area contributed by atoms with Gasteiger partial charge in [0.05, 0.1) is 25.3 Å². The molecule has 12 heteroatoms. The van der Waals surface area contributed by atoms with Gasteiger partial charge in [0.15, 0.2) is 6.61 Å². The molecule has 2 N–H and O–H groups in total. The fourth-order valence-electron chi connectivity index (χ4n) is 3.72. The standard InChI is InChI=1S/C31H30N4O7S/c1-40-26-16-10-24(11-17-26)33-31(37)22-41-27-14-8-23(9-15-27)20-32-34-30(36)21-35(43(2,38)39)25-12-18-29(19-13-25)42-28-6-4-3-5-7-28/h3-20H,21-22H2,1-2H3,(H,33,37)(H,34,36)/b32-20-. The van der Waals surface area contributed by atoms with E-state index in [1.165, 1.54) is 6.21 Å². The molecule has 0 unspecified atom stereocenters. The number of benzene rings is 4.